The van der Waals surface area contributed by atoms with Crippen LogP contribution < -0.4 is 15.8 Å². The molecule has 15 heteroatoms. The van der Waals surface area contributed by atoms with Gasteiger partial charge in [-0.3, -0.25) is 19.4 Å². The van der Waals surface area contributed by atoms with Gasteiger partial charge in [0.05, 0.1) is 17.4 Å². The topological polar surface area (TPSA) is 127 Å². The third-order valence-corrected chi connectivity index (χ3v) is 9.30. The number of aryl methyl sites for hydroxylation is 1. The summed E-state index contributed by atoms with van der Waals surface area (Å²) in [7, 11) is 1.67. The molecule has 50 heavy (non-hydrogen) atoms. The van der Waals surface area contributed by atoms with Crippen LogP contribution in [0.4, 0.5) is 24.5 Å². The number of ether oxygens (including phenoxy) is 1. The van der Waals surface area contributed by atoms with Gasteiger partial charge >= 0.3 is 6.18 Å². The molecule has 0 saturated carbocycles. The summed E-state index contributed by atoms with van der Waals surface area (Å²) in [5.74, 6) is -0.120. The van der Waals surface area contributed by atoms with Crippen molar-refractivity contribution in [1.82, 2.24) is 29.0 Å². The number of anilines is 2. The molecule has 1 saturated heterocycles. The minimum absolute atomic E-state index is 0.0831. The van der Waals surface area contributed by atoms with Gasteiger partial charge in [-0.1, -0.05) is 26.0 Å². The molecule has 264 valence electrons. The van der Waals surface area contributed by atoms with Crippen LogP contribution in [0.2, 0.25) is 0 Å². The second-order valence-electron chi connectivity index (χ2n) is 12.3. The van der Waals surface area contributed by atoms with Crippen molar-refractivity contribution in [2.24, 2.45) is 0 Å². The molecule has 12 nitrogen and oxygen atoms in total. The van der Waals surface area contributed by atoms with Crippen molar-refractivity contribution in [3.63, 3.8) is 0 Å². The summed E-state index contributed by atoms with van der Waals surface area (Å²) in [6.07, 6.45) is 2.31. The zero-order valence-electron chi connectivity index (χ0n) is 28.2. The monoisotopic (exact) mass is 692 g/mol. The fourth-order valence-electron chi connectivity index (χ4n) is 6.58. The van der Waals surface area contributed by atoms with E-state index in [4.69, 9.17) is 9.72 Å². The number of methoxy groups -OCH3 is 1. The average Bonchev–Trinajstić information content (AvgIpc) is 3.58. The van der Waals surface area contributed by atoms with Gasteiger partial charge in [-0.05, 0) is 73.6 Å². The van der Waals surface area contributed by atoms with Gasteiger partial charge in [0.15, 0.2) is 5.82 Å². The zero-order chi connectivity index (χ0) is 35.6. The Morgan fingerprint density at radius 1 is 1.04 bits per heavy atom. The largest absolute Gasteiger partial charge is 0.416 e. The highest BCUT2D eigenvalue weighted by Gasteiger charge is 2.32. The lowest BCUT2D eigenvalue weighted by Crippen LogP contribution is -2.51. The van der Waals surface area contributed by atoms with Gasteiger partial charge in [0.25, 0.3) is 11.5 Å². The molecule has 1 aromatic carbocycles. The molecule has 2 amide bonds. The molecule has 0 radical (unpaired) electrons. The molecule has 4 heterocycles. The molecule has 6 rings (SSSR count). The molecular formula is C35H39F3N8O4. The molecule has 0 spiro atoms. The molecule has 3 aromatic heterocycles. The van der Waals surface area contributed by atoms with E-state index < -0.39 is 17.6 Å². The van der Waals surface area contributed by atoms with Crippen molar-refractivity contribution >= 4 is 34.5 Å². The van der Waals surface area contributed by atoms with Crippen LogP contribution >= 0.6 is 0 Å². The zero-order valence-corrected chi connectivity index (χ0v) is 28.2. The Morgan fingerprint density at radius 3 is 2.40 bits per heavy atom. The maximum Gasteiger partial charge on any atom is 0.416 e. The fourth-order valence-corrected chi connectivity index (χ4v) is 6.58. The summed E-state index contributed by atoms with van der Waals surface area (Å²) in [6, 6.07) is 7.90. The second-order valence-corrected chi connectivity index (χ2v) is 12.3. The number of carbonyl (C=O) groups excluding carboxylic acids is 2. The third-order valence-electron chi connectivity index (χ3n) is 9.30. The number of pyridine rings is 1. The first-order valence-corrected chi connectivity index (χ1v) is 16.7. The molecule has 2 aliphatic rings. The van der Waals surface area contributed by atoms with Crippen LogP contribution in [-0.4, -0.2) is 80.3 Å². The maximum atomic E-state index is 14.2. The van der Waals surface area contributed by atoms with Crippen molar-refractivity contribution in [1.29, 1.82) is 0 Å². The number of aromatic nitrogens is 5. The van der Waals surface area contributed by atoms with E-state index in [0.717, 1.165) is 29.7 Å². The molecule has 1 fully saturated rings. The number of allylic oxidation sites excluding steroid dienone is 1. The van der Waals surface area contributed by atoms with Gasteiger partial charge in [-0.2, -0.15) is 22.7 Å². The highest BCUT2D eigenvalue weighted by Crippen LogP contribution is 2.30. The van der Waals surface area contributed by atoms with E-state index in [-0.39, 0.29) is 35.6 Å². The standard InChI is InChI=1S/C35H39F3N8O4/c1-4-22-7-6-16-39-29(22)32(48)44-19-17-43(18-20-44)30-27(5-2)45(21-28(47)40-25-12-10-24(11-13-25)35(36,37)38)34-41-31(42-46(34)33(30)49)23-8-14-26(50-3)15-9-23/h6-8,10-13,16,26H,4-5,9,14-15,17-21H2,1-3H3,(H,40,47). The van der Waals surface area contributed by atoms with Gasteiger partial charge in [-0.15, -0.1) is 5.10 Å². The minimum atomic E-state index is -4.50. The van der Waals surface area contributed by atoms with E-state index in [1.54, 1.807) is 22.8 Å². The highest BCUT2D eigenvalue weighted by atomic mass is 19.4. The second kappa shape index (κ2) is 14.4. The van der Waals surface area contributed by atoms with E-state index in [1.165, 1.54) is 16.6 Å². The van der Waals surface area contributed by atoms with E-state index in [0.29, 0.717) is 74.8 Å². The first-order chi connectivity index (χ1) is 24.0. The molecule has 4 aromatic rings. The van der Waals surface area contributed by atoms with Crippen molar-refractivity contribution < 1.29 is 27.5 Å². The summed E-state index contributed by atoms with van der Waals surface area (Å²) in [4.78, 5) is 53.8. The number of hydrogen-bond donors (Lipinski definition) is 1. The van der Waals surface area contributed by atoms with Gasteiger partial charge in [0, 0.05) is 45.2 Å². The number of piperazine rings is 1. The number of hydrogen-bond acceptors (Lipinski definition) is 8. The lowest BCUT2D eigenvalue weighted by atomic mass is 9.97. The Kier molecular flexibility index (Phi) is 10.0. The first kappa shape index (κ1) is 34.8. The molecule has 1 atom stereocenters. The predicted octanol–water partition coefficient (Wildman–Crippen LogP) is 4.61. The Morgan fingerprint density at radius 2 is 1.78 bits per heavy atom. The molecule has 0 bridgehead atoms. The van der Waals surface area contributed by atoms with E-state index in [9.17, 15) is 27.6 Å². The number of benzene rings is 1. The quantitative estimate of drug-likeness (QED) is 0.270. The number of carbonyl (C=O) groups is 2. The van der Waals surface area contributed by atoms with Gasteiger partial charge in [0.2, 0.25) is 11.7 Å². The first-order valence-electron chi connectivity index (χ1n) is 16.7. The minimum Gasteiger partial charge on any atom is -0.381 e. The summed E-state index contributed by atoms with van der Waals surface area (Å²) in [5, 5.41) is 7.30. The summed E-state index contributed by atoms with van der Waals surface area (Å²) >= 11 is 0. The normalized spacial score (nSPS) is 16.8. The molecule has 1 unspecified atom stereocenters. The average molecular weight is 693 g/mol. The van der Waals surface area contributed by atoms with E-state index >= 15 is 0 Å². The number of halogens is 3. The maximum absolute atomic E-state index is 14.2. The summed E-state index contributed by atoms with van der Waals surface area (Å²) in [6.45, 7) is 4.99. The highest BCUT2D eigenvalue weighted by molar-refractivity contribution is 5.94. The van der Waals surface area contributed by atoms with Gasteiger partial charge in [-0.25, -0.2) is 0 Å². The van der Waals surface area contributed by atoms with E-state index in [1.807, 2.05) is 37.0 Å². The van der Waals surface area contributed by atoms with Crippen LogP contribution in [0.5, 0.6) is 0 Å². The molecule has 1 N–H and O–H groups in total. The number of amides is 2. The molecule has 1 aliphatic heterocycles. The van der Waals surface area contributed by atoms with Crippen molar-refractivity contribution in [2.75, 3.05) is 43.5 Å². The van der Waals surface area contributed by atoms with Crippen LogP contribution in [-0.2, 0) is 35.1 Å². The van der Waals surface area contributed by atoms with E-state index in [2.05, 4.69) is 15.4 Å². The predicted molar refractivity (Wildman–Crippen MR) is 181 cm³/mol. The Hall–Kier alpha value is -5.05. The lowest BCUT2D eigenvalue weighted by molar-refractivity contribution is -0.137. The van der Waals surface area contributed by atoms with Gasteiger partial charge < -0.3 is 24.4 Å². The Balaban J connectivity index is 1.34. The van der Waals surface area contributed by atoms with Crippen molar-refractivity contribution in [3.8, 4) is 0 Å². The third kappa shape index (κ3) is 6.99. The van der Waals surface area contributed by atoms with Crippen molar-refractivity contribution in [2.45, 2.75) is 64.8 Å². The molecule has 1 aliphatic carbocycles. The SMILES string of the molecule is CCc1cccnc1C(=O)N1CCN(c2c(CC)n(CC(=O)Nc3ccc(C(F)(F)F)cc3)c3nc(C4=CCC(OC)CC4)nn3c2=O)CC1. The van der Waals surface area contributed by atoms with Crippen LogP contribution in [0, 0.1) is 0 Å². The van der Waals surface area contributed by atoms with Crippen LogP contribution in [0.15, 0.2) is 53.5 Å². The number of alkyl halides is 3. The number of nitrogens with zero attached hydrogens (tertiary/aromatic N) is 7. The fraction of sp³-hybridized carbons (Fsp3) is 0.429. The number of nitrogens with one attached hydrogen (secondary N) is 1. The number of fused-ring (bicyclic) bond motifs is 1. The van der Waals surface area contributed by atoms with Crippen LogP contribution in [0.1, 0.15) is 66.2 Å². The summed E-state index contributed by atoms with van der Waals surface area (Å²) < 4.78 is 47.7. The number of rotatable bonds is 9. The molecular weight excluding hydrogens is 653 g/mol. The lowest BCUT2D eigenvalue weighted by Gasteiger charge is -2.36. The van der Waals surface area contributed by atoms with Crippen LogP contribution in [0.25, 0.3) is 11.4 Å². The smallest absolute Gasteiger partial charge is 0.381 e. The Labute approximate surface area is 286 Å². The van der Waals surface area contributed by atoms with Crippen LogP contribution in [0.3, 0.4) is 0 Å². The Bertz CT molecular complexity index is 1980. The summed E-state index contributed by atoms with van der Waals surface area (Å²) in [5.41, 5.74) is 2.05. The van der Waals surface area contributed by atoms with Gasteiger partial charge in [0.1, 0.15) is 17.9 Å². The van der Waals surface area contributed by atoms with Crippen molar-refractivity contribution in [3.05, 3.63) is 87.4 Å².